The van der Waals surface area contributed by atoms with Crippen LogP contribution in [0.2, 0.25) is 0 Å². The van der Waals surface area contributed by atoms with Crippen LogP contribution >= 0.6 is 11.3 Å². The van der Waals surface area contributed by atoms with Crippen molar-refractivity contribution in [2.75, 3.05) is 13.4 Å². The maximum absolute atomic E-state index is 12.1. The van der Waals surface area contributed by atoms with Crippen LogP contribution in [0.15, 0.2) is 24.3 Å². The van der Waals surface area contributed by atoms with Crippen molar-refractivity contribution in [1.82, 2.24) is 0 Å². The van der Waals surface area contributed by atoms with E-state index in [1.54, 1.807) is 11.3 Å². The largest absolute Gasteiger partial charge is 0.454 e. The van der Waals surface area contributed by atoms with E-state index in [0.717, 1.165) is 32.4 Å². The fraction of sp³-hybridized carbons (Fsp3) is 0.312. The van der Waals surface area contributed by atoms with Crippen LogP contribution in [-0.4, -0.2) is 19.2 Å². The fourth-order valence-corrected chi connectivity index (χ4v) is 3.22. The number of fused-ring (bicyclic) bond motifs is 1. The number of hydrogen-bond donors (Lipinski definition) is 0. The minimum atomic E-state index is 0.0255. The summed E-state index contributed by atoms with van der Waals surface area (Å²) >= 11 is 1.63. The maximum Gasteiger partial charge on any atom is 0.231 e. The lowest BCUT2D eigenvalue weighted by molar-refractivity contribution is 0.0726. The number of ketones is 1. The van der Waals surface area contributed by atoms with Crippen LogP contribution in [0, 0.1) is 13.8 Å². The normalized spacial score (nSPS) is 12.7. The zero-order valence-corrected chi connectivity index (χ0v) is 12.8. The van der Waals surface area contributed by atoms with Crippen LogP contribution in [0.1, 0.15) is 25.7 Å². The molecule has 0 fully saturated rings. The Kier molecular flexibility index (Phi) is 3.94. The monoisotopic (exact) mass is 304 g/mol. The molecule has 0 aliphatic carbocycles. The van der Waals surface area contributed by atoms with Gasteiger partial charge in [-0.3, -0.25) is 4.79 Å². The Morgan fingerprint density at radius 3 is 2.81 bits per heavy atom. The van der Waals surface area contributed by atoms with E-state index >= 15 is 0 Å². The van der Waals surface area contributed by atoms with E-state index in [-0.39, 0.29) is 19.2 Å². The van der Waals surface area contributed by atoms with Gasteiger partial charge in [0.2, 0.25) is 6.79 Å². The van der Waals surface area contributed by atoms with Gasteiger partial charge in [0.15, 0.2) is 17.3 Å². The molecule has 2 heterocycles. The van der Waals surface area contributed by atoms with Gasteiger partial charge in [0.25, 0.3) is 0 Å². The lowest BCUT2D eigenvalue weighted by Gasteiger charge is -2.05. The molecule has 2 aromatic rings. The third-order valence-corrected chi connectivity index (χ3v) is 4.25. The van der Waals surface area contributed by atoms with Gasteiger partial charge in [-0.2, -0.15) is 0 Å². The first-order valence-electron chi connectivity index (χ1n) is 6.70. The Morgan fingerprint density at radius 1 is 1.24 bits per heavy atom. The molecule has 0 atom stereocenters. The molecule has 1 aliphatic heterocycles. The molecule has 1 aromatic carbocycles. The summed E-state index contributed by atoms with van der Waals surface area (Å²) in [5, 5.41) is 0. The Morgan fingerprint density at radius 2 is 2.05 bits per heavy atom. The van der Waals surface area contributed by atoms with Crippen molar-refractivity contribution in [3.05, 3.63) is 45.1 Å². The first kappa shape index (κ1) is 14.1. The van der Waals surface area contributed by atoms with E-state index in [1.807, 2.05) is 38.1 Å². The topological polar surface area (TPSA) is 44.8 Å². The highest BCUT2D eigenvalue weighted by molar-refractivity contribution is 7.12. The number of benzene rings is 1. The number of hydrogen-bond acceptors (Lipinski definition) is 5. The van der Waals surface area contributed by atoms with Gasteiger partial charge in [-0.1, -0.05) is 6.07 Å². The van der Waals surface area contributed by atoms with E-state index < -0.39 is 0 Å². The summed E-state index contributed by atoms with van der Waals surface area (Å²) in [6, 6.07) is 7.58. The van der Waals surface area contributed by atoms with Crippen LogP contribution in [0.25, 0.3) is 0 Å². The molecule has 0 spiro atoms. The molecule has 0 saturated heterocycles. The minimum absolute atomic E-state index is 0.0255. The zero-order valence-electron chi connectivity index (χ0n) is 12.0. The Labute approximate surface area is 127 Å². The predicted molar refractivity (Wildman–Crippen MR) is 80.3 cm³/mol. The number of Topliss-reactive ketones (excluding diaryl/α,β-unsaturated/α-hetero) is 1. The second-order valence-electron chi connectivity index (χ2n) is 4.93. The number of aryl methyl sites for hydroxylation is 2. The van der Waals surface area contributed by atoms with Crippen molar-refractivity contribution in [1.29, 1.82) is 0 Å². The average molecular weight is 304 g/mol. The molecule has 1 aliphatic rings. The molecule has 0 unspecified atom stereocenters. The summed E-state index contributed by atoms with van der Waals surface area (Å²) in [4.78, 5) is 14.3. The van der Waals surface area contributed by atoms with Gasteiger partial charge in [-0.05, 0) is 37.6 Å². The van der Waals surface area contributed by atoms with Crippen LogP contribution in [-0.2, 0) is 11.3 Å². The number of ether oxygens (including phenoxy) is 3. The first-order valence-corrected chi connectivity index (χ1v) is 7.51. The van der Waals surface area contributed by atoms with Crippen molar-refractivity contribution < 1.29 is 19.0 Å². The molecule has 4 nitrogen and oxygen atoms in total. The van der Waals surface area contributed by atoms with Gasteiger partial charge < -0.3 is 14.2 Å². The Hall–Kier alpha value is -1.85. The van der Waals surface area contributed by atoms with Crippen molar-refractivity contribution in [2.24, 2.45) is 0 Å². The third-order valence-electron chi connectivity index (χ3n) is 3.28. The number of thiophene rings is 1. The highest BCUT2D eigenvalue weighted by Gasteiger charge is 2.14. The van der Waals surface area contributed by atoms with E-state index in [9.17, 15) is 4.79 Å². The predicted octanol–water partition coefficient (Wildman–Crippen LogP) is 3.49. The lowest BCUT2D eigenvalue weighted by Crippen LogP contribution is -2.09. The van der Waals surface area contributed by atoms with Gasteiger partial charge in [0, 0.05) is 15.3 Å². The Balaban J connectivity index is 1.56. The van der Waals surface area contributed by atoms with Gasteiger partial charge >= 0.3 is 0 Å². The highest BCUT2D eigenvalue weighted by Crippen LogP contribution is 2.32. The van der Waals surface area contributed by atoms with Crippen LogP contribution in [0.5, 0.6) is 11.5 Å². The molecule has 0 bridgehead atoms. The van der Waals surface area contributed by atoms with Crippen LogP contribution < -0.4 is 9.47 Å². The van der Waals surface area contributed by atoms with Crippen molar-refractivity contribution in [3.63, 3.8) is 0 Å². The molecular weight excluding hydrogens is 288 g/mol. The van der Waals surface area contributed by atoms with Crippen molar-refractivity contribution >= 4 is 17.1 Å². The fourth-order valence-electron chi connectivity index (χ4n) is 2.28. The molecule has 110 valence electrons. The smallest absolute Gasteiger partial charge is 0.231 e. The number of rotatable bonds is 5. The minimum Gasteiger partial charge on any atom is -0.454 e. The average Bonchev–Trinajstić information content (AvgIpc) is 3.04. The summed E-state index contributed by atoms with van der Waals surface area (Å²) in [5.74, 6) is 1.50. The number of carbonyl (C=O) groups is 1. The highest BCUT2D eigenvalue weighted by atomic mass is 32.1. The molecule has 21 heavy (non-hydrogen) atoms. The number of carbonyl (C=O) groups excluding carboxylic acids is 1. The van der Waals surface area contributed by atoms with Gasteiger partial charge in [0.05, 0.1) is 6.61 Å². The van der Waals surface area contributed by atoms with E-state index in [2.05, 4.69) is 0 Å². The SMILES string of the molecule is Cc1cc(C(=O)COCc2ccc3c(c2)OCO3)c(C)s1. The summed E-state index contributed by atoms with van der Waals surface area (Å²) in [6.07, 6.45) is 0. The molecule has 0 saturated carbocycles. The molecule has 5 heteroatoms. The molecule has 0 amide bonds. The van der Waals surface area contributed by atoms with Gasteiger partial charge in [0.1, 0.15) is 6.61 Å². The summed E-state index contributed by atoms with van der Waals surface area (Å²) in [7, 11) is 0. The first-order chi connectivity index (χ1) is 10.1. The second-order valence-corrected chi connectivity index (χ2v) is 6.39. The maximum atomic E-state index is 12.1. The summed E-state index contributed by atoms with van der Waals surface area (Å²) in [6.45, 7) is 4.69. The molecule has 0 radical (unpaired) electrons. The van der Waals surface area contributed by atoms with E-state index in [0.29, 0.717) is 6.61 Å². The second kappa shape index (κ2) is 5.87. The van der Waals surface area contributed by atoms with E-state index in [4.69, 9.17) is 14.2 Å². The van der Waals surface area contributed by atoms with Crippen molar-refractivity contribution in [3.8, 4) is 11.5 Å². The van der Waals surface area contributed by atoms with Crippen molar-refractivity contribution in [2.45, 2.75) is 20.5 Å². The summed E-state index contributed by atoms with van der Waals surface area (Å²) in [5.41, 5.74) is 1.73. The standard InChI is InChI=1S/C16H16O4S/c1-10-5-13(11(2)21-10)14(17)8-18-7-12-3-4-15-16(6-12)20-9-19-15/h3-6H,7-9H2,1-2H3. The van der Waals surface area contributed by atoms with Gasteiger partial charge in [-0.15, -0.1) is 11.3 Å². The molecule has 0 N–H and O–H groups in total. The lowest BCUT2D eigenvalue weighted by atomic mass is 10.1. The summed E-state index contributed by atoms with van der Waals surface area (Å²) < 4.78 is 16.1. The van der Waals surface area contributed by atoms with Crippen LogP contribution in [0.3, 0.4) is 0 Å². The third kappa shape index (κ3) is 3.09. The Bertz CT molecular complexity index is 675. The molecule has 1 aromatic heterocycles. The van der Waals surface area contributed by atoms with Crippen LogP contribution in [0.4, 0.5) is 0 Å². The molecule has 3 rings (SSSR count). The molecular formula is C16H16O4S. The van der Waals surface area contributed by atoms with E-state index in [1.165, 1.54) is 0 Å². The quantitative estimate of drug-likeness (QED) is 0.793. The van der Waals surface area contributed by atoms with Gasteiger partial charge in [-0.25, -0.2) is 0 Å². The zero-order chi connectivity index (χ0) is 14.8.